The van der Waals surface area contributed by atoms with Crippen molar-refractivity contribution in [1.82, 2.24) is 14.5 Å². The van der Waals surface area contributed by atoms with Gasteiger partial charge in [0, 0.05) is 18.1 Å². The van der Waals surface area contributed by atoms with Gasteiger partial charge >= 0.3 is 0 Å². The van der Waals surface area contributed by atoms with E-state index in [1.54, 1.807) is 0 Å². The van der Waals surface area contributed by atoms with E-state index in [4.69, 9.17) is 0 Å². The third kappa shape index (κ3) is 3.09. The number of para-hydroxylation sites is 2. The fourth-order valence-electron chi connectivity index (χ4n) is 2.21. The van der Waals surface area contributed by atoms with Crippen molar-refractivity contribution in [1.29, 1.82) is 5.26 Å². The zero-order chi connectivity index (χ0) is 16.4. The molecule has 2 aromatic heterocycles. The summed E-state index contributed by atoms with van der Waals surface area (Å²) in [6.07, 6.45) is 0. The quantitative estimate of drug-likeness (QED) is 0.442. The van der Waals surface area contributed by atoms with Crippen LogP contribution < -0.4 is 0 Å². The SMILES string of the molecule is Cc1csc(SC/C(O)=C(\C#N)c2nc3ccccc3n2C)n1. The van der Waals surface area contributed by atoms with Gasteiger partial charge in [-0.15, -0.1) is 11.3 Å². The second kappa shape index (κ2) is 6.44. The van der Waals surface area contributed by atoms with Gasteiger partial charge in [-0.1, -0.05) is 23.9 Å². The van der Waals surface area contributed by atoms with Crippen molar-refractivity contribution in [2.45, 2.75) is 11.3 Å². The lowest BCUT2D eigenvalue weighted by molar-refractivity contribution is 0.420. The summed E-state index contributed by atoms with van der Waals surface area (Å²) in [5.41, 5.74) is 2.88. The number of rotatable bonds is 4. The molecule has 0 aliphatic rings. The highest BCUT2D eigenvalue weighted by Gasteiger charge is 2.16. The highest BCUT2D eigenvalue weighted by Crippen LogP contribution is 2.27. The number of thioether (sulfide) groups is 1. The molecule has 7 heteroatoms. The maximum absolute atomic E-state index is 10.3. The molecule has 0 atom stereocenters. The topological polar surface area (TPSA) is 74.7 Å². The Kier molecular flexibility index (Phi) is 4.37. The molecule has 0 saturated carbocycles. The molecule has 0 radical (unpaired) electrons. The molecule has 3 aromatic rings. The summed E-state index contributed by atoms with van der Waals surface area (Å²) in [6.45, 7) is 1.93. The number of nitrogens with zero attached hydrogens (tertiary/aromatic N) is 4. The fraction of sp³-hybridized carbons (Fsp3) is 0.188. The molecule has 5 nitrogen and oxygen atoms in total. The number of nitriles is 1. The second-order valence-electron chi connectivity index (χ2n) is 4.96. The van der Waals surface area contributed by atoms with E-state index in [0.29, 0.717) is 11.6 Å². The monoisotopic (exact) mass is 342 g/mol. The first-order valence-electron chi connectivity index (χ1n) is 6.89. The van der Waals surface area contributed by atoms with Gasteiger partial charge in [0.25, 0.3) is 0 Å². The number of hydrogen-bond acceptors (Lipinski definition) is 6. The summed E-state index contributed by atoms with van der Waals surface area (Å²) < 4.78 is 2.69. The maximum atomic E-state index is 10.3. The minimum absolute atomic E-state index is 0.0174. The highest BCUT2D eigenvalue weighted by atomic mass is 32.2. The van der Waals surface area contributed by atoms with Crippen molar-refractivity contribution in [2.75, 3.05) is 5.75 Å². The van der Waals surface area contributed by atoms with Gasteiger partial charge in [0.2, 0.25) is 0 Å². The van der Waals surface area contributed by atoms with Crippen LogP contribution in [0.25, 0.3) is 16.6 Å². The minimum atomic E-state index is 0.0174. The molecule has 0 aliphatic carbocycles. The van der Waals surface area contributed by atoms with E-state index in [2.05, 4.69) is 16.0 Å². The van der Waals surface area contributed by atoms with Gasteiger partial charge in [-0.2, -0.15) is 5.26 Å². The Balaban J connectivity index is 1.93. The molecule has 2 heterocycles. The first kappa shape index (κ1) is 15.6. The van der Waals surface area contributed by atoms with Crippen LogP contribution in [-0.2, 0) is 7.05 Å². The lowest BCUT2D eigenvalue weighted by Gasteiger charge is -2.04. The first-order chi connectivity index (χ1) is 11.1. The van der Waals surface area contributed by atoms with Crippen LogP contribution >= 0.6 is 23.1 Å². The summed E-state index contributed by atoms with van der Waals surface area (Å²) in [5, 5.41) is 21.8. The number of aliphatic hydroxyl groups is 1. The molecule has 0 aliphatic heterocycles. The highest BCUT2D eigenvalue weighted by molar-refractivity contribution is 8.01. The van der Waals surface area contributed by atoms with Crippen LogP contribution in [0.1, 0.15) is 11.5 Å². The van der Waals surface area contributed by atoms with Gasteiger partial charge in [-0.25, -0.2) is 9.97 Å². The Morgan fingerprint density at radius 2 is 2.17 bits per heavy atom. The normalized spacial score (nSPS) is 12.2. The van der Waals surface area contributed by atoms with Gasteiger partial charge in [0.05, 0.1) is 16.8 Å². The molecule has 1 N–H and O–H groups in total. The molecular weight excluding hydrogens is 328 g/mol. The number of aryl methyl sites for hydroxylation is 2. The molecular formula is C16H14N4OS2. The van der Waals surface area contributed by atoms with E-state index >= 15 is 0 Å². The summed E-state index contributed by atoms with van der Waals surface area (Å²) in [7, 11) is 1.84. The van der Waals surface area contributed by atoms with Crippen LogP contribution in [0.5, 0.6) is 0 Å². The smallest absolute Gasteiger partial charge is 0.155 e. The molecule has 0 unspecified atom stereocenters. The number of fused-ring (bicyclic) bond motifs is 1. The zero-order valence-electron chi connectivity index (χ0n) is 12.6. The van der Waals surface area contributed by atoms with Crippen LogP contribution in [-0.4, -0.2) is 25.4 Å². The van der Waals surface area contributed by atoms with Gasteiger partial charge in [-0.3, -0.25) is 0 Å². The van der Waals surface area contributed by atoms with Crippen LogP contribution in [0.15, 0.2) is 39.7 Å². The molecule has 3 rings (SSSR count). The van der Waals surface area contributed by atoms with E-state index < -0.39 is 0 Å². The zero-order valence-corrected chi connectivity index (χ0v) is 14.3. The molecule has 116 valence electrons. The number of benzene rings is 1. The molecule has 0 amide bonds. The lowest BCUT2D eigenvalue weighted by atomic mass is 10.2. The molecule has 0 bridgehead atoms. The van der Waals surface area contributed by atoms with Crippen LogP contribution in [0.2, 0.25) is 0 Å². The average molecular weight is 342 g/mol. The van der Waals surface area contributed by atoms with Crippen LogP contribution in [0.3, 0.4) is 0 Å². The molecule has 1 aromatic carbocycles. The van der Waals surface area contributed by atoms with E-state index in [1.165, 1.54) is 23.1 Å². The molecule has 0 spiro atoms. The van der Waals surface area contributed by atoms with Gasteiger partial charge in [0.15, 0.2) is 10.2 Å². The van der Waals surface area contributed by atoms with Gasteiger partial charge < -0.3 is 9.67 Å². The minimum Gasteiger partial charge on any atom is -0.510 e. The van der Waals surface area contributed by atoms with E-state index in [1.807, 2.05) is 48.2 Å². The van der Waals surface area contributed by atoms with Gasteiger partial charge in [-0.05, 0) is 19.1 Å². The first-order valence-corrected chi connectivity index (χ1v) is 8.75. The predicted molar refractivity (Wildman–Crippen MR) is 93.5 cm³/mol. The molecule has 23 heavy (non-hydrogen) atoms. The third-order valence-electron chi connectivity index (χ3n) is 3.34. The van der Waals surface area contributed by atoms with Crippen molar-refractivity contribution in [3.05, 3.63) is 46.9 Å². The van der Waals surface area contributed by atoms with Crippen molar-refractivity contribution in [3.63, 3.8) is 0 Å². The summed E-state index contributed by atoms with van der Waals surface area (Å²) in [5.74, 6) is 0.782. The van der Waals surface area contributed by atoms with E-state index in [0.717, 1.165) is 21.1 Å². The maximum Gasteiger partial charge on any atom is 0.155 e. The number of hydrogen-bond donors (Lipinski definition) is 1. The Hall–Kier alpha value is -2.30. The van der Waals surface area contributed by atoms with Crippen molar-refractivity contribution in [3.8, 4) is 6.07 Å². The summed E-state index contributed by atoms with van der Waals surface area (Å²) >= 11 is 2.94. The summed E-state index contributed by atoms with van der Waals surface area (Å²) in [4.78, 5) is 8.80. The van der Waals surface area contributed by atoms with Crippen molar-refractivity contribution < 1.29 is 5.11 Å². The Bertz CT molecular complexity index is 933. The van der Waals surface area contributed by atoms with E-state index in [-0.39, 0.29) is 11.3 Å². The number of thiazole rings is 1. The fourth-order valence-corrected chi connectivity index (χ4v) is 3.94. The Labute approximate surface area is 141 Å². The van der Waals surface area contributed by atoms with Crippen LogP contribution in [0, 0.1) is 18.3 Å². The Morgan fingerprint density at radius 1 is 1.39 bits per heavy atom. The van der Waals surface area contributed by atoms with E-state index in [9.17, 15) is 10.4 Å². The summed E-state index contributed by atoms with van der Waals surface area (Å²) in [6, 6.07) is 9.72. The molecule has 0 fully saturated rings. The van der Waals surface area contributed by atoms with Gasteiger partial charge in [0.1, 0.15) is 17.4 Å². The molecule has 0 saturated heterocycles. The predicted octanol–water partition coefficient (Wildman–Crippen LogP) is 3.92. The number of imidazole rings is 1. The average Bonchev–Trinajstić information content (AvgIpc) is 3.11. The van der Waals surface area contributed by atoms with Crippen molar-refractivity contribution >= 4 is 39.7 Å². The second-order valence-corrected chi connectivity index (χ2v) is 7.04. The number of allylic oxidation sites excluding steroid dienone is 1. The number of aromatic nitrogens is 3. The number of aliphatic hydroxyl groups excluding tert-OH is 1. The standard InChI is InChI=1S/C16H14N4OS2/c1-10-8-22-16(18-10)23-9-14(21)11(7-17)15-19-12-5-3-4-6-13(12)20(15)2/h3-6,8,21H,9H2,1-2H3/b14-11-. The largest absolute Gasteiger partial charge is 0.510 e. The lowest BCUT2D eigenvalue weighted by Crippen LogP contribution is -2.00. The third-order valence-corrected chi connectivity index (χ3v) is 5.49. The van der Waals surface area contributed by atoms with Crippen molar-refractivity contribution in [2.24, 2.45) is 7.05 Å². The van der Waals surface area contributed by atoms with Crippen LogP contribution in [0.4, 0.5) is 0 Å². The Morgan fingerprint density at radius 3 is 2.83 bits per heavy atom.